The second-order valence-corrected chi connectivity index (χ2v) is 4.64. The van der Waals surface area contributed by atoms with Gasteiger partial charge >= 0.3 is 0 Å². The standard InChI is InChI=1S/C12H9BrCl2N2O/c13-17-12-11(5-2-6-16-12)18-7-8-9(14)3-1-4-10(8)15/h1-6H,7H2,(H,16,17). The van der Waals surface area contributed by atoms with E-state index in [0.717, 1.165) is 5.56 Å². The molecular weight excluding hydrogens is 339 g/mol. The highest BCUT2D eigenvalue weighted by Crippen LogP contribution is 2.28. The Morgan fingerprint density at radius 1 is 1.17 bits per heavy atom. The smallest absolute Gasteiger partial charge is 0.178 e. The topological polar surface area (TPSA) is 34.1 Å². The first-order valence-electron chi connectivity index (χ1n) is 5.09. The van der Waals surface area contributed by atoms with Crippen molar-refractivity contribution in [3.05, 3.63) is 52.1 Å². The van der Waals surface area contributed by atoms with Crippen molar-refractivity contribution in [3.8, 4) is 5.75 Å². The first-order valence-corrected chi connectivity index (χ1v) is 6.64. The van der Waals surface area contributed by atoms with Crippen LogP contribution in [0, 0.1) is 0 Å². The highest BCUT2D eigenvalue weighted by molar-refractivity contribution is 9.10. The van der Waals surface area contributed by atoms with E-state index in [2.05, 4.69) is 25.5 Å². The lowest BCUT2D eigenvalue weighted by atomic mass is 10.2. The summed E-state index contributed by atoms with van der Waals surface area (Å²) in [4.78, 5) is 4.11. The Morgan fingerprint density at radius 2 is 1.89 bits per heavy atom. The lowest BCUT2D eigenvalue weighted by Gasteiger charge is -2.11. The molecule has 0 aliphatic heterocycles. The minimum atomic E-state index is 0.284. The van der Waals surface area contributed by atoms with Crippen molar-refractivity contribution in [2.45, 2.75) is 6.61 Å². The van der Waals surface area contributed by atoms with Gasteiger partial charge in [0.05, 0.1) is 0 Å². The SMILES string of the molecule is Clc1cccc(Cl)c1COc1cccnc1NBr. The minimum absolute atomic E-state index is 0.284. The number of halogens is 3. The number of ether oxygens (including phenoxy) is 1. The fraction of sp³-hybridized carbons (Fsp3) is 0.0833. The summed E-state index contributed by atoms with van der Waals surface area (Å²) in [6, 6.07) is 8.94. The van der Waals surface area contributed by atoms with Gasteiger partial charge in [0, 0.05) is 38.0 Å². The van der Waals surface area contributed by atoms with Crippen LogP contribution in [0.5, 0.6) is 5.75 Å². The molecule has 0 fully saturated rings. The Bertz CT molecular complexity index is 531. The van der Waals surface area contributed by atoms with Gasteiger partial charge in [-0.3, -0.25) is 0 Å². The van der Waals surface area contributed by atoms with Crippen molar-refractivity contribution < 1.29 is 4.74 Å². The van der Waals surface area contributed by atoms with Gasteiger partial charge in [-0.25, -0.2) is 4.98 Å². The second kappa shape index (κ2) is 6.27. The molecule has 0 radical (unpaired) electrons. The molecule has 1 heterocycles. The molecule has 94 valence electrons. The number of nitrogens with one attached hydrogen (secondary N) is 1. The van der Waals surface area contributed by atoms with Crippen LogP contribution >= 0.6 is 39.3 Å². The molecule has 0 spiro atoms. The number of nitrogens with zero attached hydrogens (tertiary/aromatic N) is 1. The van der Waals surface area contributed by atoms with Gasteiger partial charge in [-0.05, 0) is 24.3 Å². The maximum atomic E-state index is 6.06. The molecule has 2 aromatic rings. The Balaban J connectivity index is 2.16. The van der Waals surface area contributed by atoms with Gasteiger partial charge in [0.2, 0.25) is 0 Å². The monoisotopic (exact) mass is 346 g/mol. The lowest BCUT2D eigenvalue weighted by Crippen LogP contribution is -2.00. The first-order chi connectivity index (χ1) is 8.72. The molecule has 1 aromatic heterocycles. The Hall–Kier alpha value is -0.970. The number of anilines is 1. The van der Waals surface area contributed by atoms with E-state index >= 15 is 0 Å². The fourth-order valence-corrected chi connectivity index (χ4v) is 2.20. The third-order valence-corrected chi connectivity index (χ3v) is 3.38. The van der Waals surface area contributed by atoms with Crippen LogP contribution < -0.4 is 9.08 Å². The fourth-order valence-electron chi connectivity index (χ4n) is 1.40. The predicted molar refractivity (Wildman–Crippen MR) is 77.6 cm³/mol. The number of aromatic nitrogens is 1. The van der Waals surface area contributed by atoms with Crippen LogP contribution in [-0.2, 0) is 6.61 Å². The molecule has 0 amide bonds. The van der Waals surface area contributed by atoms with E-state index in [9.17, 15) is 0 Å². The molecule has 1 aromatic carbocycles. The first kappa shape index (κ1) is 13.5. The van der Waals surface area contributed by atoms with Gasteiger partial charge in [-0.15, -0.1) is 0 Å². The highest BCUT2D eigenvalue weighted by Gasteiger charge is 2.08. The maximum Gasteiger partial charge on any atom is 0.178 e. The molecule has 0 aliphatic carbocycles. The van der Waals surface area contributed by atoms with E-state index in [0.29, 0.717) is 21.6 Å². The van der Waals surface area contributed by atoms with Crippen molar-refractivity contribution in [3.63, 3.8) is 0 Å². The normalized spacial score (nSPS) is 10.2. The molecule has 0 bridgehead atoms. The zero-order valence-electron chi connectivity index (χ0n) is 9.16. The summed E-state index contributed by atoms with van der Waals surface area (Å²) in [7, 11) is 0. The van der Waals surface area contributed by atoms with Gasteiger partial charge in [0.1, 0.15) is 6.61 Å². The van der Waals surface area contributed by atoms with E-state index in [1.807, 2.05) is 0 Å². The van der Waals surface area contributed by atoms with Crippen LogP contribution in [0.25, 0.3) is 0 Å². The van der Waals surface area contributed by atoms with Crippen LogP contribution in [0.3, 0.4) is 0 Å². The zero-order valence-corrected chi connectivity index (χ0v) is 12.3. The van der Waals surface area contributed by atoms with Gasteiger partial charge < -0.3 is 9.08 Å². The van der Waals surface area contributed by atoms with Crippen molar-refractivity contribution in [1.82, 2.24) is 4.98 Å². The molecule has 0 atom stereocenters. The Morgan fingerprint density at radius 3 is 2.56 bits per heavy atom. The van der Waals surface area contributed by atoms with E-state index in [1.54, 1.807) is 36.5 Å². The van der Waals surface area contributed by atoms with Gasteiger partial charge in [0.15, 0.2) is 11.6 Å². The molecule has 1 N–H and O–H groups in total. The summed E-state index contributed by atoms with van der Waals surface area (Å²) < 4.78 is 8.42. The molecule has 0 saturated carbocycles. The van der Waals surface area contributed by atoms with E-state index < -0.39 is 0 Å². The summed E-state index contributed by atoms with van der Waals surface area (Å²) >= 11 is 15.2. The van der Waals surface area contributed by atoms with Crippen LogP contribution in [-0.4, -0.2) is 4.98 Å². The Labute approximate surface area is 123 Å². The maximum absolute atomic E-state index is 6.06. The number of rotatable bonds is 4. The number of benzene rings is 1. The molecule has 0 saturated heterocycles. The lowest BCUT2D eigenvalue weighted by molar-refractivity contribution is 0.307. The van der Waals surface area contributed by atoms with Crippen molar-refractivity contribution in [1.29, 1.82) is 0 Å². The molecule has 0 aliphatic rings. The zero-order chi connectivity index (χ0) is 13.0. The summed E-state index contributed by atoms with van der Waals surface area (Å²) in [5.41, 5.74) is 0.755. The second-order valence-electron chi connectivity index (χ2n) is 3.43. The van der Waals surface area contributed by atoms with Crippen molar-refractivity contribution >= 4 is 45.2 Å². The summed E-state index contributed by atoms with van der Waals surface area (Å²) in [5.74, 6) is 1.21. The van der Waals surface area contributed by atoms with E-state index in [-0.39, 0.29) is 6.61 Å². The van der Waals surface area contributed by atoms with Crippen molar-refractivity contribution in [2.24, 2.45) is 0 Å². The predicted octanol–water partition coefficient (Wildman–Crippen LogP) is 4.69. The summed E-state index contributed by atoms with van der Waals surface area (Å²) in [6.45, 7) is 0.284. The molecule has 2 rings (SSSR count). The third kappa shape index (κ3) is 3.07. The molecule has 18 heavy (non-hydrogen) atoms. The molecule has 0 unspecified atom stereocenters. The summed E-state index contributed by atoms with van der Waals surface area (Å²) in [5, 5.41) is 1.17. The summed E-state index contributed by atoms with van der Waals surface area (Å²) in [6.07, 6.45) is 1.67. The van der Waals surface area contributed by atoms with Gasteiger partial charge in [-0.1, -0.05) is 29.3 Å². The van der Waals surface area contributed by atoms with Crippen molar-refractivity contribution in [2.75, 3.05) is 4.34 Å². The third-order valence-electron chi connectivity index (χ3n) is 2.29. The van der Waals surface area contributed by atoms with E-state index in [1.165, 1.54) is 0 Å². The number of hydrogen-bond donors (Lipinski definition) is 1. The minimum Gasteiger partial charge on any atom is -0.485 e. The Kier molecular flexibility index (Phi) is 4.69. The highest BCUT2D eigenvalue weighted by atomic mass is 79.9. The average molecular weight is 348 g/mol. The van der Waals surface area contributed by atoms with Crippen LogP contribution in [0.15, 0.2) is 36.5 Å². The molecule has 3 nitrogen and oxygen atoms in total. The largest absolute Gasteiger partial charge is 0.485 e. The molecular formula is C12H9BrCl2N2O. The average Bonchev–Trinajstić information content (AvgIpc) is 2.38. The molecule has 6 heteroatoms. The van der Waals surface area contributed by atoms with Crippen LogP contribution in [0.2, 0.25) is 10.0 Å². The quantitative estimate of drug-likeness (QED) is 0.814. The van der Waals surface area contributed by atoms with Gasteiger partial charge in [-0.2, -0.15) is 0 Å². The van der Waals surface area contributed by atoms with Crippen LogP contribution in [0.4, 0.5) is 5.82 Å². The van der Waals surface area contributed by atoms with E-state index in [4.69, 9.17) is 27.9 Å². The number of hydrogen-bond acceptors (Lipinski definition) is 3. The number of pyridine rings is 1. The van der Waals surface area contributed by atoms with Gasteiger partial charge in [0.25, 0.3) is 0 Å². The van der Waals surface area contributed by atoms with Crippen LogP contribution in [0.1, 0.15) is 5.56 Å².